The summed E-state index contributed by atoms with van der Waals surface area (Å²) < 4.78 is 6.17. The largest absolute Gasteiger partial charge is 0.437 e. The number of benzene rings is 1. The van der Waals surface area contributed by atoms with Gasteiger partial charge in [-0.25, -0.2) is 4.98 Å². The molecule has 0 aliphatic carbocycles. The molecule has 0 N–H and O–H groups in total. The Hall–Kier alpha value is -2.55. The summed E-state index contributed by atoms with van der Waals surface area (Å²) in [5, 5.41) is 2.22. The van der Waals surface area contributed by atoms with Crippen LogP contribution in [0.25, 0.3) is 22.1 Å². The lowest BCUT2D eigenvalue weighted by molar-refractivity contribution is 0.383. The average Bonchev–Trinajstić information content (AvgIpc) is 2.92. The molecule has 1 unspecified atom stereocenters. The van der Waals surface area contributed by atoms with Crippen LogP contribution >= 0.6 is 0 Å². The number of rotatable bonds is 2. The second-order valence-electron chi connectivity index (χ2n) is 6.88. The van der Waals surface area contributed by atoms with Gasteiger partial charge in [-0.05, 0) is 42.8 Å². The summed E-state index contributed by atoms with van der Waals surface area (Å²) in [6.07, 6.45) is 6.69. The van der Waals surface area contributed by atoms with Gasteiger partial charge in [-0.3, -0.25) is 0 Å². The average molecular weight is 318 g/mol. The molecule has 1 atom stereocenters. The maximum atomic E-state index is 6.17. The standard InChI is InChI=1S/C21H22N2O/c1-13(2)15-10-11-23(4)19(12-15)18-7-5-6-16-17-9-8-14(3)22-21(17)24-20(16)18/h5-13,19H,1-4H3. The van der Waals surface area contributed by atoms with Gasteiger partial charge in [0.25, 0.3) is 0 Å². The van der Waals surface area contributed by atoms with Crippen LogP contribution in [0.2, 0.25) is 0 Å². The van der Waals surface area contributed by atoms with Crippen molar-refractivity contribution in [2.24, 2.45) is 5.92 Å². The fourth-order valence-corrected chi connectivity index (χ4v) is 3.37. The minimum atomic E-state index is 0.178. The highest BCUT2D eigenvalue weighted by molar-refractivity contribution is 6.04. The second-order valence-corrected chi connectivity index (χ2v) is 6.88. The Morgan fingerprint density at radius 1 is 1.12 bits per heavy atom. The van der Waals surface area contributed by atoms with E-state index < -0.39 is 0 Å². The van der Waals surface area contributed by atoms with Gasteiger partial charge in [0, 0.05) is 29.1 Å². The van der Waals surface area contributed by atoms with E-state index >= 15 is 0 Å². The van der Waals surface area contributed by atoms with Crippen LogP contribution in [-0.2, 0) is 0 Å². The summed E-state index contributed by atoms with van der Waals surface area (Å²) in [5.41, 5.74) is 5.19. The number of allylic oxidation sites excluding steroid dienone is 2. The summed E-state index contributed by atoms with van der Waals surface area (Å²) in [4.78, 5) is 6.78. The summed E-state index contributed by atoms with van der Waals surface area (Å²) in [5.74, 6) is 0.511. The van der Waals surface area contributed by atoms with Crippen molar-refractivity contribution >= 4 is 22.1 Å². The number of pyridine rings is 1. The molecule has 0 amide bonds. The van der Waals surface area contributed by atoms with Crippen LogP contribution in [0.1, 0.15) is 31.1 Å². The van der Waals surface area contributed by atoms with Crippen LogP contribution in [-0.4, -0.2) is 16.9 Å². The fraction of sp³-hybridized carbons (Fsp3) is 0.286. The van der Waals surface area contributed by atoms with Crippen LogP contribution in [0.5, 0.6) is 0 Å². The first-order chi connectivity index (χ1) is 11.5. The predicted octanol–water partition coefficient (Wildman–Crippen LogP) is 5.37. The molecule has 1 aliphatic heterocycles. The quantitative estimate of drug-likeness (QED) is 0.636. The van der Waals surface area contributed by atoms with Crippen molar-refractivity contribution in [2.45, 2.75) is 26.8 Å². The van der Waals surface area contributed by atoms with E-state index in [-0.39, 0.29) is 6.04 Å². The third-order valence-electron chi connectivity index (χ3n) is 4.81. The normalized spacial score (nSPS) is 18.0. The Bertz CT molecular complexity index is 978. The Balaban J connectivity index is 1.93. The van der Waals surface area contributed by atoms with Crippen molar-refractivity contribution in [2.75, 3.05) is 7.05 Å². The first-order valence-electron chi connectivity index (χ1n) is 8.45. The molecule has 3 heterocycles. The van der Waals surface area contributed by atoms with Crippen molar-refractivity contribution in [3.63, 3.8) is 0 Å². The lowest BCUT2D eigenvalue weighted by Crippen LogP contribution is -2.21. The zero-order valence-electron chi connectivity index (χ0n) is 14.6. The van der Waals surface area contributed by atoms with Gasteiger partial charge in [-0.2, -0.15) is 0 Å². The van der Waals surface area contributed by atoms with Crippen LogP contribution in [0.15, 0.2) is 58.7 Å². The number of para-hydroxylation sites is 1. The monoisotopic (exact) mass is 318 g/mol. The summed E-state index contributed by atoms with van der Waals surface area (Å²) in [6, 6.07) is 10.7. The van der Waals surface area contributed by atoms with E-state index in [0.717, 1.165) is 27.8 Å². The molecular formula is C21H22N2O. The van der Waals surface area contributed by atoms with Gasteiger partial charge in [0.2, 0.25) is 5.71 Å². The second kappa shape index (κ2) is 5.52. The topological polar surface area (TPSA) is 29.3 Å². The van der Waals surface area contributed by atoms with E-state index in [1.54, 1.807) is 0 Å². The van der Waals surface area contributed by atoms with Crippen molar-refractivity contribution in [1.82, 2.24) is 9.88 Å². The zero-order chi connectivity index (χ0) is 16.8. The molecule has 122 valence electrons. The van der Waals surface area contributed by atoms with Gasteiger partial charge >= 0.3 is 0 Å². The summed E-state index contributed by atoms with van der Waals surface area (Å²) >= 11 is 0. The van der Waals surface area contributed by atoms with Gasteiger partial charge in [-0.15, -0.1) is 0 Å². The highest BCUT2D eigenvalue weighted by atomic mass is 16.3. The number of nitrogens with zero attached hydrogens (tertiary/aromatic N) is 2. The van der Waals surface area contributed by atoms with Gasteiger partial charge in [-0.1, -0.05) is 38.1 Å². The fourth-order valence-electron chi connectivity index (χ4n) is 3.37. The van der Waals surface area contributed by atoms with Crippen molar-refractivity contribution in [3.05, 3.63) is 65.5 Å². The van der Waals surface area contributed by atoms with E-state index in [1.807, 2.05) is 13.0 Å². The van der Waals surface area contributed by atoms with Gasteiger partial charge in [0.1, 0.15) is 5.58 Å². The zero-order valence-corrected chi connectivity index (χ0v) is 14.6. The molecule has 24 heavy (non-hydrogen) atoms. The number of hydrogen-bond acceptors (Lipinski definition) is 3. The third-order valence-corrected chi connectivity index (χ3v) is 4.81. The molecule has 0 saturated heterocycles. The molecule has 0 radical (unpaired) electrons. The highest BCUT2D eigenvalue weighted by Crippen LogP contribution is 2.37. The molecular weight excluding hydrogens is 296 g/mol. The van der Waals surface area contributed by atoms with Crippen molar-refractivity contribution in [3.8, 4) is 0 Å². The number of hydrogen-bond donors (Lipinski definition) is 0. The summed E-state index contributed by atoms with van der Waals surface area (Å²) in [6.45, 7) is 6.45. The maximum absolute atomic E-state index is 6.17. The number of aromatic nitrogens is 1. The van der Waals surface area contributed by atoms with Crippen molar-refractivity contribution in [1.29, 1.82) is 0 Å². The van der Waals surface area contributed by atoms with E-state index in [9.17, 15) is 0 Å². The molecule has 0 fully saturated rings. The molecule has 0 spiro atoms. The minimum Gasteiger partial charge on any atom is -0.437 e. The summed E-state index contributed by atoms with van der Waals surface area (Å²) in [7, 11) is 2.11. The smallest absolute Gasteiger partial charge is 0.227 e. The molecule has 4 rings (SSSR count). The first-order valence-corrected chi connectivity index (χ1v) is 8.45. The predicted molar refractivity (Wildman–Crippen MR) is 98.8 cm³/mol. The van der Waals surface area contributed by atoms with Gasteiger partial charge in [0.05, 0.1) is 6.04 Å². The lowest BCUT2D eigenvalue weighted by atomic mass is 9.93. The van der Waals surface area contributed by atoms with E-state index in [0.29, 0.717) is 5.92 Å². The van der Waals surface area contributed by atoms with Gasteiger partial charge < -0.3 is 9.32 Å². The number of likely N-dealkylation sites (N-methyl/N-ethyl adjacent to an activating group) is 1. The lowest BCUT2D eigenvalue weighted by Gasteiger charge is -2.29. The molecule has 0 saturated carbocycles. The van der Waals surface area contributed by atoms with E-state index in [1.165, 1.54) is 11.1 Å². The van der Waals surface area contributed by atoms with Crippen LogP contribution < -0.4 is 0 Å². The highest BCUT2D eigenvalue weighted by Gasteiger charge is 2.22. The number of furan rings is 1. The van der Waals surface area contributed by atoms with Gasteiger partial charge in [0.15, 0.2) is 0 Å². The number of aryl methyl sites for hydroxylation is 1. The van der Waals surface area contributed by atoms with E-state index in [2.05, 4.69) is 73.4 Å². The Morgan fingerprint density at radius 3 is 2.75 bits per heavy atom. The molecule has 1 aromatic carbocycles. The van der Waals surface area contributed by atoms with E-state index in [4.69, 9.17) is 4.42 Å². The van der Waals surface area contributed by atoms with Crippen molar-refractivity contribution < 1.29 is 4.42 Å². The molecule has 3 nitrogen and oxygen atoms in total. The molecule has 1 aliphatic rings. The third kappa shape index (κ3) is 2.32. The Kier molecular flexibility index (Phi) is 3.45. The molecule has 2 aromatic heterocycles. The SMILES string of the molecule is Cc1ccc2c(n1)oc1c(C3C=C(C(C)C)C=CN3C)cccc12. The molecule has 3 heteroatoms. The van der Waals surface area contributed by atoms with Crippen LogP contribution in [0.4, 0.5) is 0 Å². The minimum absolute atomic E-state index is 0.178. The Labute approximate surface area is 142 Å². The first kappa shape index (κ1) is 15.0. The number of fused-ring (bicyclic) bond motifs is 3. The van der Waals surface area contributed by atoms with Crippen LogP contribution in [0, 0.1) is 12.8 Å². The van der Waals surface area contributed by atoms with Crippen LogP contribution in [0.3, 0.4) is 0 Å². The maximum Gasteiger partial charge on any atom is 0.227 e. The molecule has 0 bridgehead atoms. The molecule has 3 aromatic rings. The Morgan fingerprint density at radius 2 is 1.96 bits per heavy atom.